The highest BCUT2D eigenvalue weighted by molar-refractivity contribution is 6.41. The molecule has 27 heavy (non-hydrogen) atoms. The monoisotopic (exact) mass is 366 g/mol. The van der Waals surface area contributed by atoms with Crippen molar-refractivity contribution >= 4 is 34.8 Å². The van der Waals surface area contributed by atoms with Crippen LogP contribution in [0.5, 0.6) is 0 Å². The lowest BCUT2D eigenvalue weighted by molar-refractivity contribution is -0.141. The minimum atomic E-state index is -0.940. The first-order chi connectivity index (χ1) is 13.1. The Morgan fingerprint density at radius 1 is 0.778 bits per heavy atom. The predicted octanol–water partition coefficient (Wildman–Crippen LogP) is 2.01. The highest BCUT2D eigenvalue weighted by Gasteiger charge is 2.25. The summed E-state index contributed by atoms with van der Waals surface area (Å²) in [4.78, 5) is 36.0. The van der Waals surface area contributed by atoms with Gasteiger partial charge in [-0.2, -0.15) is 0 Å². The number of hydrogen-bond donors (Lipinski definition) is 4. The second-order valence-corrected chi connectivity index (χ2v) is 6.37. The van der Waals surface area contributed by atoms with Crippen molar-refractivity contribution in [2.75, 3.05) is 23.7 Å². The van der Waals surface area contributed by atoms with Crippen molar-refractivity contribution in [2.45, 2.75) is 12.8 Å². The van der Waals surface area contributed by atoms with E-state index in [1.54, 1.807) is 24.3 Å². The van der Waals surface area contributed by atoms with Gasteiger partial charge in [-0.15, -0.1) is 0 Å². The molecule has 3 rings (SSSR count). The van der Waals surface area contributed by atoms with E-state index in [4.69, 9.17) is 0 Å². The molecule has 140 valence electrons. The van der Waals surface area contributed by atoms with Crippen molar-refractivity contribution in [3.05, 3.63) is 54.6 Å². The van der Waals surface area contributed by atoms with Crippen LogP contribution < -0.4 is 21.3 Å². The van der Waals surface area contributed by atoms with Crippen molar-refractivity contribution in [2.24, 2.45) is 5.92 Å². The smallest absolute Gasteiger partial charge is 0.316 e. The minimum Gasteiger partial charge on any atom is -0.356 e. The minimum absolute atomic E-state index is 0.230. The Hall–Kier alpha value is -3.19. The topological polar surface area (TPSA) is 99.3 Å². The number of anilines is 3. The highest BCUT2D eigenvalue weighted by Crippen LogP contribution is 2.18. The quantitative estimate of drug-likeness (QED) is 0.621. The van der Waals surface area contributed by atoms with Gasteiger partial charge in [0.1, 0.15) is 0 Å². The molecule has 3 amide bonds. The number of hydrogen-bond acceptors (Lipinski definition) is 5. The molecule has 1 heterocycles. The molecule has 0 saturated carbocycles. The maximum Gasteiger partial charge on any atom is 0.316 e. The molecule has 2 aromatic carbocycles. The molecule has 1 aliphatic rings. The lowest BCUT2D eigenvalue weighted by atomic mass is 9.97. The van der Waals surface area contributed by atoms with E-state index in [0.717, 1.165) is 24.5 Å². The van der Waals surface area contributed by atoms with Gasteiger partial charge in [-0.3, -0.25) is 19.7 Å². The molecular formula is C20H22N4O3. The van der Waals surface area contributed by atoms with Crippen LogP contribution in [-0.2, 0) is 14.4 Å². The Morgan fingerprint density at radius 3 is 2.04 bits per heavy atom. The summed E-state index contributed by atoms with van der Waals surface area (Å²) < 4.78 is 0. The second-order valence-electron chi connectivity index (χ2n) is 6.37. The van der Waals surface area contributed by atoms with Crippen molar-refractivity contribution in [3.8, 4) is 0 Å². The number of rotatable bonds is 4. The number of imide groups is 1. The summed E-state index contributed by atoms with van der Waals surface area (Å²) in [6.07, 6.45) is 1.33. The maximum absolute atomic E-state index is 12.0. The standard InChI is InChI=1S/C20H22N4O3/c25-18(14-10-12-21-13-11-14)24-20(27)19(26)23-17-8-6-16(7-9-17)22-15-4-2-1-3-5-15/h1-9,14,21-22H,10-13H2,(H,23,26)(H,24,25,27). The van der Waals surface area contributed by atoms with Gasteiger partial charge in [0.2, 0.25) is 5.91 Å². The van der Waals surface area contributed by atoms with Gasteiger partial charge in [0.15, 0.2) is 0 Å². The van der Waals surface area contributed by atoms with Crippen LogP contribution in [0, 0.1) is 5.92 Å². The third kappa shape index (κ3) is 5.39. The average molecular weight is 366 g/mol. The zero-order valence-electron chi connectivity index (χ0n) is 14.8. The van der Waals surface area contributed by atoms with Crippen LogP contribution in [0.1, 0.15) is 12.8 Å². The fourth-order valence-electron chi connectivity index (χ4n) is 2.87. The van der Waals surface area contributed by atoms with Gasteiger partial charge in [-0.05, 0) is 62.3 Å². The van der Waals surface area contributed by atoms with Crippen LogP contribution >= 0.6 is 0 Å². The van der Waals surface area contributed by atoms with Crippen LogP contribution in [0.4, 0.5) is 17.1 Å². The van der Waals surface area contributed by atoms with Gasteiger partial charge >= 0.3 is 11.8 Å². The third-order valence-corrected chi connectivity index (χ3v) is 4.36. The Morgan fingerprint density at radius 2 is 1.37 bits per heavy atom. The van der Waals surface area contributed by atoms with Crippen molar-refractivity contribution in [1.82, 2.24) is 10.6 Å². The summed E-state index contributed by atoms with van der Waals surface area (Å²) in [5, 5.41) is 11.1. The molecule has 0 atom stereocenters. The van der Waals surface area contributed by atoms with E-state index in [9.17, 15) is 14.4 Å². The molecule has 7 heteroatoms. The van der Waals surface area contributed by atoms with Gasteiger partial charge in [0.05, 0.1) is 0 Å². The van der Waals surface area contributed by atoms with E-state index >= 15 is 0 Å². The van der Waals surface area contributed by atoms with Gasteiger partial charge in [-0.1, -0.05) is 18.2 Å². The van der Waals surface area contributed by atoms with Gasteiger partial charge in [0.25, 0.3) is 0 Å². The number of carbonyl (C=O) groups excluding carboxylic acids is 3. The largest absolute Gasteiger partial charge is 0.356 e. The lowest BCUT2D eigenvalue weighted by Gasteiger charge is -2.21. The van der Waals surface area contributed by atoms with Crippen LogP contribution in [0.25, 0.3) is 0 Å². The molecule has 7 nitrogen and oxygen atoms in total. The molecule has 0 spiro atoms. The zero-order chi connectivity index (χ0) is 19.1. The van der Waals surface area contributed by atoms with E-state index in [2.05, 4.69) is 21.3 Å². The molecule has 0 radical (unpaired) electrons. The van der Waals surface area contributed by atoms with Gasteiger partial charge in [0, 0.05) is 23.0 Å². The zero-order valence-corrected chi connectivity index (χ0v) is 14.8. The number of carbonyl (C=O) groups is 3. The Kier molecular flexibility index (Phi) is 6.17. The fourth-order valence-corrected chi connectivity index (χ4v) is 2.87. The van der Waals surface area contributed by atoms with Gasteiger partial charge < -0.3 is 16.0 Å². The van der Waals surface area contributed by atoms with Gasteiger partial charge in [-0.25, -0.2) is 0 Å². The molecule has 2 aromatic rings. The van der Waals surface area contributed by atoms with Crippen LogP contribution in [0.15, 0.2) is 54.6 Å². The molecule has 0 aliphatic carbocycles. The van der Waals surface area contributed by atoms with E-state index in [1.807, 2.05) is 30.3 Å². The Labute approximate surface area is 157 Å². The van der Waals surface area contributed by atoms with Crippen LogP contribution in [0.2, 0.25) is 0 Å². The number of piperidine rings is 1. The molecule has 1 aliphatic heterocycles. The normalized spacial score (nSPS) is 14.2. The third-order valence-electron chi connectivity index (χ3n) is 4.36. The highest BCUT2D eigenvalue weighted by atomic mass is 16.2. The molecular weight excluding hydrogens is 344 g/mol. The number of amides is 3. The average Bonchev–Trinajstić information content (AvgIpc) is 2.71. The lowest BCUT2D eigenvalue weighted by Crippen LogP contribution is -2.44. The first kappa shape index (κ1) is 18.6. The molecule has 0 unspecified atom stereocenters. The molecule has 0 bridgehead atoms. The van der Waals surface area contributed by atoms with E-state index in [-0.39, 0.29) is 11.8 Å². The Balaban J connectivity index is 1.51. The number of nitrogens with one attached hydrogen (secondary N) is 4. The first-order valence-corrected chi connectivity index (χ1v) is 8.91. The van der Waals surface area contributed by atoms with Crippen molar-refractivity contribution in [1.29, 1.82) is 0 Å². The summed E-state index contributed by atoms with van der Waals surface area (Å²) in [6.45, 7) is 1.48. The second kappa shape index (κ2) is 8.95. The number of benzene rings is 2. The van der Waals surface area contributed by atoms with E-state index < -0.39 is 11.8 Å². The summed E-state index contributed by atoms with van der Waals surface area (Å²) in [5.41, 5.74) is 2.28. The molecule has 1 fully saturated rings. The molecule has 4 N–H and O–H groups in total. The maximum atomic E-state index is 12.0. The number of para-hydroxylation sites is 1. The first-order valence-electron chi connectivity index (χ1n) is 8.91. The van der Waals surface area contributed by atoms with Crippen LogP contribution in [-0.4, -0.2) is 30.8 Å². The molecule has 0 aromatic heterocycles. The summed E-state index contributed by atoms with van der Waals surface area (Å²) in [5.74, 6) is -2.42. The fraction of sp³-hybridized carbons (Fsp3) is 0.250. The van der Waals surface area contributed by atoms with E-state index in [1.165, 1.54) is 0 Å². The summed E-state index contributed by atoms with van der Waals surface area (Å²) in [6, 6.07) is 16.6. The van der Waals surface area contributed by atoms with Crippen LogP contribution in [0.3, 0.4) is 0 Å². The molecule has 1 saturated heterocycles. The van der Waals surface area contributed by atoms with Crippen molar-refractivity contribution in [3.63, 3.8) is 0 Å². The van der Waals surface area contributed by atoms with Crippen molar-refractivity contribution < 1.29 is 14.4 Å². The SMILES string of the molecule is O=C(NC(=O)C1CCNCC1)C(=O)Nc1ccc(Nc2ccccc2)cc1. The summed E-state index contributed by atoms with van der Waals surface area (Å²) in [7, 11) is 0. The summed E-state index contributed by atoms with van der Waals surface area (Å²) >= 11 is 0. The predicted molar refractivity (Wildman–Crippen MR) is 104 cm³/mol. The van der Waals surface area contributed by atoms with E-state index in [0.29, 0.717) is 18.5 Å². The Bertz CT molecular complexity index is 800.